The van der Waals surface area contributed by atoms with E-state index in [1.165, 1.54) is 5.56 Å². The first kappa shape index (κ1) is 14.2. The number of benzene rings is 1. The van der Waals surface area contributed by atoms with Gasteiger partial charge < -0.3 is 9.73 Å². The topological polar surface area (TPSA) is 41.3 Å². The molecule has 1 aromatic heterocycles. The molecule has 0 aliphatic carbocycles. The van der Waals surface area contributed by atoms with Crippen LogP contribution in [0.3, 0.4) is 0 Å². The van der Waals surface area contributed by atoms with Crippen molar-refractivity contribution in [2.75, 3.05) is 26.3 Å². The summed E-state index contributed by atoms with van der Waals surface area (Å²) in [5.74, 6) is 1.48. The molecule has 0 bridgehead atoms. The third-order valence-corrected chi connectivity index (χ3v) is 3.85. The maximum Gasteiger partial charge on any atom is 0.209 e. The van der Waals surface area contributed by atoms with Crippen LogP contribution in [-0.2, 0) is 6.54 Å². The molecule has 0 spiro atoms. The molecule has 1 aliphatic heterocycles. The maximum absolute atomic E-state index is 12.7. The largest absolute Gasteiger partial charge is 0.439 e. The molecule has 3 rings (SSSR count). The molecule has 1 N–H and O–H groups in total. The molecular formula is C16H20FN3O. The standard InChI is InChI=1S/C16H20FN3O/c1-12-4-2-3-5-14(12)15-9-19-16(21-15)11-20-7-6-18-13(8-17)10-20/h2-5,9,13,18H,6-8,10-11H2,1H3. The van der Waals surface area contributed by atoms with Gasteiger partial charge in [-0.15, -0.1) is 0 Å². The number of halogens is 1. The number of hydrogen-bond acceptors (Lipinski definition) is 4. The molecule has 0 saturated carbocycles. The van der Waals surface area contributed by atoms with Gasteiger partial charge >= 0.3 is 0 Å². The van der Waals surface area contributed by atoms with Crippen molar-refractivity contribution < 1.29 is 8.81 Å². The lowest BCUT2D eigenvalue weighted by Gasteiger charge is -2.31. The van der Waals surface area contributed by atoms with Crippen LogP contribution in [0.5, 0.6) is 0 Å². The second-order valence-electron chi connectivity index (χ2n) is 5.47. The van der Waals surface area contributed by atoms with E-state index in [1.807, 2.05) is 18.2 Å². The van der Waals surface area contributed by atoms with E-state index in [2.05, 4.69) is 28.2 Å². The van der Waals surface area contributed by atoms with E-state index in [-0.39, 0.29) is 12.7 Å². The van der Waals surface area contributed by atoms with Crippen LogP contribution in [0.25, 0.3) is 11.3 Å². The van der Waals surface area contributed by atoms with Crippen LogP contribution in [0, 0.1) is 6.92 Å². The highest BCUT2D eigenvalue weighted by atomic mass is 19.1. The Hall–Kier alpha value is -1.72. The van der Waals surface area contributed by atoms with Crippen molar-refractivity contribution in [3.05, 3.63) is 41.9 Å². The molecule has 1 aliphatic rings. The van der Waals surface area contributed by atoms with Gasteiger partial charge in [0, 0.05) is 31.2 Å². The number of hydrogen-bond donors (Lipinski definition) is 1. The quantitative estimate of drug-likeness (QED) is 0.938. The van der Waals surface area contributed by atoms with Gasteiger partial charge in [0.15, 0.2) is 5.76 Å². The molecule has 5 heteroatoms. The minimum absolute atomic E-state index is 0.0791. The fourth-order valence-electron chi connectivity index (χ4n) is 2.69. The summed E-state index contributed by atoms with van der Waals surface area (Å²) in [7, 11) is 0. The first-order chi connectivity index (χ1) is 10.3. The van der Waals surface area contributed by atoms with Crippen LogP contribution >= 0.6 is 0 Å². The number of oxazole rings is 1. The molecule has 2 heterocycles. The normalized spacial score (nSPS) is 19.8. The summed E-state index contributed by atoms with van der Waals surface area (Å²) in [5.41, 5.74) is 2.23. The van der Waals surface area contributed by atoms with Gasteiger partial charge in [-0.2, -0.15) is 0 Å². The van der Waals surface area contributed by atoms with Crippen LogP contribution in [0.15, 0.2) is 34.9 Å². The summed E-state index contributed by atoms with van der Waals surface area (Å²) in [6, 6.07) is 8.01. The van der Waals surface area contributed by atoms with E-state index in [4.69, 9.17) is 4.42 Å². The van der Waals surface area contributed by atoms with E-state index >= 15 is 0 Å². The van der Waals surface area contributed by atoms with Gasteiger partial charge in [0.25, 0.3) is 0 Å². The van der Waals surface area contributed by atoms with Gasteiger partial charge in [0.2, 0.25) is 5.89 Å². The Kier molecular flexibility index (Phi) is 4.31. The first-order valence-electron chi connectivity index (χ1n) is 7.28. The molecule has 2 aromatic rings. The molecule has 1 saturated heterocycles. The lowest BCUT2D eigenvalue weighted by atomic mass is 10.1. The fourth-order valence-corrected chi connectivity index (χ4v) is 2.69. The zero-order valence-corrected chi connectivity index (χ0v) is 12.2. The smallest absolute Gasteiger partial charge is 0.209 e. The fraction of sp³-hybridized carbons (Fsp3) is 0.438. The zero-order chi connectivity index (χ0) is 14.7. The Bertz CT molecular complexity index is 599. The first-order valence-corrected chi connectivity index (χ1v) is 7.28. The van der Waals surface area contributed by atoms with E-state index in [9.17, 15) is 4.39 Å². The van der Waals surface area contributed by atoms with Crippen molar-refractivity contribution in [1.82, 2.24) is 15.2 Å². The molecule has 0 radical (unpaired) electrons. The van der Waals surface area contributed by atoms with Crippen molar-refractivity contribution in [2.24, 2.45) is 0 Å². The van der Waals surface area contributed by atoms with Crippen LogP contribution in [0.1, 0.15) is 11.5 Å². The number of piperazine rings is 1. The summed E-state index contributed by atoms with van der Waals surface area (Å²) in [4.78, 5) is 6.53. The molecule has 112 valence electrons. The van der Waals surface area contributed by atoms with E-state index < -0.39 is 0 Å². The summed E-state index contributed by atoms with van der Waals surface area (Å²) >= 11 is 0. The highest BCUT2D eigenvalue weighted by Crippen LogP contribution is 2.24. The minimum Gasteiger partial charge on any atom is -0.439 e. The predicted molar refractivity (Wildman–Crippen MR) is 79.7 cm³/mol. The van der Waals surface area contributed by atoms with Crippen molar-refractivity contribution in [3.8, 4) is 11.3 Å². The minimum atomic E-state index is -0.337. The number of aromatic nitrogens is 1. The van der Waals surface area contributed by atoms with Crippen molar-refractivity contribution in [1.29, 1.82) is 0 Å². The average molecular weight is 289 g/mol. The Labute approximate surface area is 124 Å². The molecule has 1 unspecified atom stereocenters. The van der Waals surface area contributed by atoms with Gasteiger partial charge in [-0.05, 0) is 12.5 Å². The van der Waals surface area contributed by atoms with Gasteiger partial charge in [-0.3, -0.25) is 4.90 Å². The van der Waals surface area contributed by atoms with Crippen molar-refractivity contribution in [2.45, 2.75) is 19.5 Å². The van der Waals surface area contributed by atoms with Crippen molar-refractivity contribution >= 4 is 0 Å². The highest BCUT2D eigenvalue weighted by molar-refractivity contribution is 5.60. The number of aryl methyl sites for hydroxylation is 1. The zero-order valence-electron chi connectivity index (χ0n) is 12.2. The number of nitrogens with zero attached hydrogens (tertiary/aromatic N) is 2. The Morgan fingerprint density at radius 2 is 2.29 bits per heavy atom. The van der Waals surface area contributed by atoms with Crippen LogP contribution < -0.4 is 5.32 Å². The molecule has 1 atom stereocenters. The molecule has 21 heavy (non-hydrogen) atoms. The monoisotopic (exact) mass is 289 g/mol. The molecule has 0 amide bonds. The van der Waals surface area contributed by atoms with Gasteiger partial charge in [0.1, 0.15) is 6.67 Å². The predicted octanol–water partition coefficient (Wildman–Crippen LogP) is 2.39. The van der Waals surface area contributed by atoms with Gasteiger partial charge in [-0.25, -0.2) is 9.37 Å². The Morgan fingerprint density at radius 1 is 1.43 bits per heavy atom. The molecular weight excluding hydrogens is 269 g/mol. The number of alkyl halides is 1. The SMILES string of the molecule is Cc1ccccc1-c1cnc(CN2CCNC(CF)C2)o1. The number of rotatable bonds is 4. The van der Waals surface area contributed by atoms with Crippen LogP contribution in [0.2, 0.25) is 0 Å². The maximum atomic E-state index is 12.7. The molecule has 1 fully saturated rings. The van der Waals surface area contributed by atoms with Gasteiger partial charge in [-0.1, -0.05) is 24.3 Å². The van der Waals surface area contributed by atoms with Crippen LogP contribution in [0.4, 0.5) is 4.39 Å². The lowest BCUT2D eigenvalue weighted by Crippen LogP contribution is -2.51. The van der Waals surface area contributed by atoms with E-state index in [0.717, 1.165) is 24.4 Å². The van der Waals surface area contributed by atoms with E-state index in [1.54, 1.807) is 6.20 Å². The van der Waals surface area contributed by atoms with Crippen molar-refractivity contribution in [3.63, 3.8) is 0 Å². The lowest BCUT2D eigenvalue weighted by molar-refractivity contribution is 0.162. The van der Waals surface area contributed by atoms with Gasteiger partial charge in [0.05, 0.1) is 12.7 Å². The Morgan fingerprint density at radius 3 is 3.10 bits per heavy atom. The summed E-state index contributed by atoms with van der Waals surface area (Å²) in [5, 5.41) is 3.16. The number of nitrogens with one attached hydrogen (secondary N) is 1. The summed E-state index contributed by atoms with van der Waals surface area (Å²) < 4.78 is 18.6. The third kappa shape index (κ3) is 3.31. The summed E-state index contributed by atoms with van der Waals surface area (Å²) in [6.07, 6.45) is 1.77. The van der Waals surface area contributed by atoms with Crippen LogP contribution in [-0.4, -0.2) is 42.2 Å². The third-order valence-electron chi connectivity index (χ3n) is 3.85. The molecule has 4 nitrogen and oxygen atoms in total. The molecule has 1 aromatic carbocycles. The second-order valence-corrected chi connectivity index (χ2v) is 5.47. The summed E-state index contributed by atoms with van der Waals surface area (Å²) in [6.45, 7) is 4.73. The van der Waals surface area contributed by atoms with E-state index in [0.29, 0.717) is 19.0 Å². The second kappa shape index (κ2) is 6.37. The highest BCUT2D eigenvalue weighted by Gasteiger charge is 2.20. The average Bonchev–Trinajstić information content (AvgIpc) is 2.96. The Balaban J connectivity index is 1.69.